The number of nitrogens with two attached hydrogens (primary N) is 1. The van der Waals surface area contributed by atoms with E-state index in [2.05, 4.69) is 36.0 Å². The zero-order valence-corrected chi connectivity index (χ0v) is 11.2. The van der Waals surface area contributed by atoms with Crippen LogP contribution in [0.4, 0.5) is 5.82 Å². The molecule has 0 saturated carbocycles. The Morgan fingerprint density at radius 1 is 1.33 bits per heavy atom. The maximum Gasteiger partial charge on any atom is 0.153 e. The molecule has 0 spiro atoms. The van der Waals surface area contributed by atoms with Gasteiger partial charge in [-0.25, -0.2) is 0 Å². The zero-order chi connectivity index (χ0) is 13.2. The molecule has 2 aromatic rings. The number of rotatable bonds is 3. The molecule has 2 heterocycles. The first-order valence-electron chi connectivity index (χ1n) is 6.20. The van der Waals surface area contributed by atoms with Crippen molar-refractivity contribution in [1.29, 1.82) is 0 Å². The van der Waals surface area contributed by atoms with E-state index >= 15 is 0 Å². The van der Waals surface area contributed by atoms with Crippen molar-refractivity contribution in [3.05, 3.63) is 30.2 Å². The van der Waals surface area contributed by atoms with E-state index in [-0.39, 0.29) is 0 Å². The molecule has 2 aromatic heterocycles. The highest BCUT2D eigenvalue weighted by molar-refractivity contribution is 5.75. The second kappa shape index (κ2) is 4.80. The summed E-state index contributed by atoms with van der Waals surface area (Å²) in [5.41, 5.74) is 9.35. The molecule has 0 amide bonds. The largest absolute Gasteiger partial charge is 0.382 e. The quantitative estimate of drug-likeness (QED) is 0.872. The monoisotopic (exact) mass is 244 g/mol. The Bertz CT molecular complexity index is 508. The third-order valence-corrected chi connectivity index (χ3v) is 2.94. The number of aromatic amines is 1. The second-order valence-electron chi connectivity index (χ2n) is 5.76. The Labute approximate surface area is 108 Å². The van der Waals surface area contributed by atoms with E-state index in [9.17, 15) is 0 Å². The fourth-order valence-corrected chi connectivity index (χ4v) is 1.91. The van der Waals surface area contributed by atoms with Crippen molar-refractivity contribution in [2.75, 3.05) is 5.73 Å². The van der Waals surface area contributed by atoms with Crippen LogP contribution in [-0.4, -0.2) is 15.2 Å². The van der Waals surface area contributed by atoms with Gasteiger partial charge in [0.1, 0.15) is 0 Å². The van der Waals surface area contributed by atoms with E-state index in [1.165, 1.54) is 0 Å². The van der Waals surface area contributed by atoms with Gasteiger partial charge in [0.2, 0.25) is 0 Å². The maximum absolute atomic E-state index is 5.94. The van der Waals surface area contributed by atoms with Gasteiger partial charge in [-0.1, -0.05) is 26.8 Å². The van der Waals surface area contributed by atoms with Crippen LogP contribution in [0.3, 0.4) is 0 Å². The number of nitrogens with zero attached hydrogens (tertiary/aromatic N) is 2. The Morgan fingerprint density at radius 2 is 2.11 bits per heavy atom. The van der Waals surface area contributed by atoms with Crippen LogP contribution < -0.4 is 5.73 Å². The first-order valence-corrected chi connectivity index (χ1v) is 6.20. The van der Waals surface area contributed by atoms with E-state index in [1.54, 1.807) is 6.20 Å². The van der Waals surface area contributed by atoms with Crippen LogP contribution in [-0.2, 0) is 6.42 Å². The number of anilines is 1. The Kier molecular flexibility index (Phi) is 3.36. The van der Waals surface area contributed by atoms with Gasteiger partial charge in [-0.15, -0.1) is 0 Å². The predicted molar refractivity (Wildman–Crippen MR) is 74.0 cm³/mol. The smallest absolute Gasteiger partial charge is 0.153 e. The average molecular weight is 244 g/mol. The van der Waals surface area contributed by atoms with Crippen molar-refractivity contribution < 1.29 is 0 Å². The fourth-order valence-electron chi connectivity index (χ4n) is 1.91. The summed E-state index contributed by atoms with van der Waals surface area (Å²) in [4.78, 5) is 4.13. The van der Waals surface area contributed by atoms with Gasteiger partial charge in [0.25, 0.3) is 0 Å². The SMILES string of the molecule is CC(C)(C)CCc1[nH]nc(N)c1-c1cccnc1. The van der Waals surface area contributed by atoms with Crippen molar-refractivity contribution in [3.63, 3.8) is 0 Å². The van der Waals surface area contributed by atoms with Gasteiger partial charge in [0.15, 0.2) is 5.82 Å². The maximum atomic E-state index is 5.94. The van der Waals surface area contributed by atoms with Crippen LogP contribution in [0.1, 0.15) is 32.9 Å². The normalized spacial score (nSPS) is 11.7. The summed E-state index contributed by atoms with van der Waals surface area (Å²) in [6.07, 6.45) is 5.61. The lowest BCUT2D eigenvalue weighted by Gasteiger charge is -2.17. The topological polar surface area (TPSA) is 67.6 Å². The molecular formula is C14H20N4. The summed E-state index contributed by atoms with van der Waals surface area (Å²) in [6.45, 7) is 6.70. The van der Waals surface area contributed by atoms with Gasteiger partial charge in [0, 0.05) is 29.2 Å². The molecule has 3 N–H and O–H groups in total. The molecular weight excluding hydrogens is 224 g/mol. The third kappa shape index (κ3) is 2.88. The first-order chi connectivity index (χ1) is 8.47. The minimum atomic E-state index is 0.298. The van der Waals surface area contributed by atoms with Crippen molar-refractivity contribution >= 4 is 5.82 Å². The van der Waals surface area contributed by atoms with Crippen molar-refractivity contribution in [3.8, 4) is 11.1 Å². The number of nitrogens with one attached hydrogen (secondary N) is 1. The fraction of sp³-hybridized carbons (Fsp3) is 0.429. The van der Waals surface area contributed by atoms with Crippen LogP contribution >= 0.6 is 0 Å². The van der Waals surface area contributed by atoms with E-state index < -0.39 is 0 Å². The number of aromatic nitrogens is 3. The van der Waals surface area contributed by atoms with Crippen LogP contribution in [0.5, 0.6) is 0 Å². The molecule has 0 bridgehead atoms. The number of hydrogen-bond acceptors (Lipinski definition) is 3. The lowest BCUT2D eigenvalue weighted by molar-refractivity contribution is 0.376. The minimum absolute atomic E-state index is 0.298. The zero-order valence-electron chi connectivity index (χ0n) is 11.2. The molecule has 96 valence electrons. The molecule has 0 aromatic carbocycles. The highest BCUT2D eigenvalue weighted by Gasteiger charge is 2.16. The average Bonchev–Trinajstić information content (AvgIpc) is 2.68. The highest BCUT2D eigenvalue weighted by atomic mass is 15.2. The number of hydrogen-bond donors (Lipinski definition) is 2. The van der Waals surface area contributed by atoms with Gasteiger partial charge in [-0.3, -0.25) is 10.1 Å². The molecule has 0 aliphatic carbocycles. The van der Waals surface area contributed by atoms with Gasteiger partial charge in [-0.2, -0.15) is 5.10 Å². The summed E-state index contributed by atoms with van der Waals surface area (Å²) >= 11 is 0. The summed E-state index contributed by atoms with van der Waals surface area (Å²) < 4.78 is 0. The molecule has 4 heteroatoms. The highest BCUT2D eigenvalue weighted by Crippen LogP contribution is 2.30. The molecule has 18 heavy (non-hydrogen) atoms. The van der Waals surface area contributed by atoms with E-state index in [0.717, 1.165) is 29.7 Å². The summed E-state index contributed by atoms with van der Waals surface area (Å²) in [5.74, 6) is 0.548. The van der Waals surface area contributed by atoms with E-state index in [0.29, 0.717) is 11.2 Å². The van der Waals surface area contributed by atoms with E-state index in [1.807, 2.05) is 18.3 Å². The van der Waals surface area contributed by atoms with Crippen molar-refractivity contribution in [1.82, 2.24) is 15.2 Å². The molecule has 0 radical (unpaired) electrons. The molecule has 0 fully saturated rings. The van der Waals surface area contributed by atoms with Crippen LogP contribution in [0.2, 0.25) is 0 Å². The van der Waals surface area contributed by atoms with Gasteiger partial charge in [0.05, 0.1) is 0 Å². The molecule has 2 rings (SSSR count). The van der Waals surface area contributed by atoms with E-state index in [4.69, 9.17) is 5.73 Å². The number of H-pyrrole nitrogens is 1. The lowest BCUT2D eigenvalue weighted by Crippen LogP contribution is -2.07. The molecule has 0 aliphatic rings. The van der Waals surface area contributed by atoms with Gasteiger partial charge < -0.3 is 5.73 Å². The number of aryl methyl sites for hydroxylation is 1. The summed E-state index contributed by atoms with van der Waals surface area (Å²) in [6, 6.07) is 3.92. The lowest BCUT2D eigenvalue weighted by atomic mass is 9.89. The molecule has 0 aliphatic heterocycles. The Morgan fingerprint density at radius 3 is 2.72 bits per heavy atom. The minimum Gasteiger partial charge on any atom is -0.382 e. The summed E-state index contributed by atoms with van der Waals surface area (Å²) in [5, 5.41) is 7.16. The van der Waals surface area contributed by atoms with Gasteiger partial charge in [-0.05, 0) is 24.3 Å². The summed E-state index contributed by atoms with van der Waals surface area (Å²) in [7, 11) is 0. The third-order valence-electron chi connectivity index (χ3n) is 2.94. The number of pyridine rings is 1. The molecule has 4 nitrogen and oxygen atoms in total. The number of nitrogen functional groups attached to an aromatic ring is 1. The molecule has 0 atom stereocenters. The van der Waals surface area contributed by atoms with Crippen molar-refractivity contribution in [2.45, 2.75) is 33.6 Å². The van der Waals surface area contributed by atoms with Crippen molar-refractivity contribution in [2.24, 2.45) is 5.41 Å². The predicted octanol–water partition coefficient (Wildman–Crippen LogP) is 3.03. The molecule has 0 saturated heterocycles. The first kappa shape index (κ1) is 12.6. The Hall–Kier alpha value is -1.84. The molecule has 0 unspecified atom stereocenters. The van der Waals surface area contributed by atoms with Crippen LogP contribution in [0.25, 0.3) is 11.1 Å². The second-order valence-corrected chi connectivity index (χ2v) is 5.76. The van der Waals surface area contributed by atoms with Gasteiger partial charge >= 0.3 is 0 Å². The standard InChI is InChI=1S/C14H20N4/c1-14(2,3)7-6-11-12(13(15)18-17-11)10-5-4-8-16-9-10/h4-5,8-9H,6-7H2,1-3H3,(H3,15,17,18). The van der Waals surface area contributed by atoms with Crippen LogP contribution in [0, 0.1) is 5.41 Å². The Balaban J connectivity index is 2.28. The van der Waals surface area contributed by atoms with Crippen LogP contribution in [0.15, 0.2) is 24.5 Å².